The van der Waals surface area contributed by atoms with Gasteiger partial charge in [0.1, 0.15) is 0 Å². The summed E-state index contributed by atoms with van der Waals surface area (Å²) >= 11 is 1.84. The minimum Gasteiger partial charge on any atom is -0.355 e. The van der Waals surface area contributed by atoms with Gasteiger partial charge in [0.2, 0.25) is 0 Å². The van der Waals surface area contributed by atoms with E-state index in [1.54, 1.807) is 23.7 Å². The van der Waals surface area contributed by atoms with Crippen LogP contribution >= 0.6 is 35.7 Å². The molecule has 7 heteroatoms. The molecule has 164 valence electrons. The Morgan fingerprint density at radius 1 is 0.968 bits per heavy atom. The number of hydrogen-bond donors (Lipinski definition) is 2. The topological polar surface area (TPSA) is 58.4 Å². The molecule has 31 heavy (non-hydrogen) atoms. The van der Waals surface area contributed by atoms with E-state index in [4.69, 9.17) is 0 Å². The minimum absolute atomic E-state index is 0. The van der Waals surface area contributed by atoms with Crippen molar-refractivity contribution in [2.75, 3.05) is 13.6 Å². The number of nitrogens with zero attached hydrogens (tertiary/aromatic N) is 2. The number of aromatic nitrogens is 1. The Labute approximate surface area is 205 Å². The van der Waals surface area contributed by atoms with Gasteiger partial charge in [-0.1, -0.05) is 55.5 Å². The van der Waals surface area contributed by atoms with Crippen molar-refractivity contribution >= 4 is 41.7 Å². The van der Waals surface area contributed by atoms with Gasteiger partial charge < -0.3 is 15.2 Å². The lowest BCUT2D eigenvalue weighted by molar-refractivity contribution is 0.757. The maximum Gasteiger partial charge on any atom is 0.250 e. The molecule has 0 fully saturated rings. The van der Waals surface area contributed by atoms with Crippen molar-refractivity contribution in [3.05, 3.63) is 100 Å². The van der Waals surface area contributed by atoms with E-state index in [1.165, 1.54) is 4.90 Å². The van der Waals surface area contributed by atoms with E-state index in [-0.39, 0.29) is 29.5 Å². The van der Waals surface area contributed by atoms with Gasteiger partial charge in [-0.05, 0) is 29.3 Å². The first kappa shape index (κ1) is 25.0. The molecule has 0 bridgehead atoms. The van der Waals surface area contributed by atoms with Gasteiger partial charge >= 0.3 is 0 Å². The molecular weight excluding hydrogens is 519 g/mol. The molecular formula is C24H29IN4OS. The van der Waals surface area contributed by atoms with Crippen LogP contribution in [0.3, 0.4) is 0 Å². The Morgan fingerprint density at radius 3 is 2.32 bits per heavy atom. The van der Waals surface area contributed by atoms with Crippen molar-refractivity contribution in [3.8, 4) is 0 Å². The van der Waals surface area contributed by atoms with Gasteiger partial charge in [-0.3, -0.25) is 9.79 Å². The van der Waals surface area contributed by atoms with Gasteiger partial charge in [-0.2, -0.15) is 0 Å². The average Bonchev–Trinajstić information content (AvgIpc) is 2.77. The highest BCUT2D eigenvalue weighted by Gasteiger charge is 2.06. The molecule has 1 heterocycles. The number of halogens is 1. The number of pyridine rings is 1. The van der Waals surface area contributed by atoms with E-state index in [2.05, 4.69) is 71.1 Å². The number of aliphatic imine (C=N–C) groups is 1. The fraction of sp³-hybridized carbons (Fsp3) is 0.250. The van der Waals surface area contributed by atoms with Gasteiger partial charge in [0.05, 0.1) is 6.54 Å². The van der Waals surface area contributed by atoms with Crippen LogP contribution in [0, 0.1) is 0 Å². The van der Waals surface area contributed by atoms with Crippen LogP contribution in [0.4, 0.5) is 0 Å². The second kappa shape index (κ2) is 13.2. The first-order valence-corrected chi connectivity index (χ1v) is 10.9. The van der Waals surface area contributed by atoms with Crippen LogP contribution in [0.15, 0.2) is 93.7 Å². The quantitative estimate of drug-likeness (QED) is 0.190. The molecule has 0 aliphatic carbocycles. The van der Waals surface area contributed by atoms with Crippen LogP contribution in [0.5, 0.6) is 0 Å². The van der Waals surface area contributed by atoms with Crippen molar-refractivity contribution < 1.29 is 0 Å². The van der Waals surface area contributed by atoms with Crippen molar-refractivity contribution in [1.29, 1.82) is 0 Å². The fourth-order valence-electron chi connectivity index (χ4n) is 2.97. The van der Waals surface area contributed by atoms with E-state index in [0.717, 1.165) is 23.6 Å². The summed E-state index contributed by atoms with van der Waals surface area (Å²) < 4.78 is 1.70. The molecule has 5 nitrogen and oxygen atoms in total. The van der Waals surface area contributed by atoms with E-state index in [0.29, 0.717) is 18.3 Å². The summed E-state index contributed by atoms with van der Waals surface area (Å²) in [5.41, 5.74) is 2.27. The Balaban J connectivity index is 0.00000341. The Hall–Kier alpha value is -2.26. The SMILES string of the molecule is CN=C(NCc1ccc(Cn2ccccc2=O)cc1)NCC(C)Sc1ccccc1.I. The lowest BCUT2D eigenvalue weighted by atomic mass is 10.1. The van der Waals surface area contributed by atoms with E-state index in [9.17, 15) is 4.79 Å². The lowest BCUT2D eigenvalue weighted by Crippen LogP contribution is -2.39. The van der Waals surface area contributed by atoms with Crippen LogP contribution in [0.2, 0.25) is 0 Å². The molecule has 1 unspecified atom stereocenters. The first-order valence-electron chi connectivity index (χ1n) is 10.0. The maximum absolute atomic E-state index is 11.8. The van der Waals surface area contributed by atoms with Gasteiger partial charge in [0.15, 0.2) is 5.96 Å². The molecule has 0 radical (unpaired) electrons. The molecule has 1 atom stereocenters. The number of thioether (sulfide) groups is 1. The van der Waals surface area contributed by atoms with Crippen LogP contribution in [-0.2, 0) is 13.1 Å². The van der Waals surface area contributed by atoms with E-state index in [1.807, 2.05) is 30.1 Å². The molecule has 0 spiro atoms. The predicted molar refractivity (Wildman–Crippen MR) is 142 cm³/mol. The number of nitrogens with one attached hydrogen (secondary N) is 2. The van der Waals surface area contributed by atoms with Crippen molar-refractivity contribution in [2.45, 2.75) is 30.2 Å². The summed E-state index contributed by atoms with van der Waals surface area (Å²) in [5.74, 6) is 0.787. The molecule has 0 aliphatic heterocycles. The molecule has 3 aromatic rings. The van der Waals surface area contributed by atoms with Crippen LogP contribution in [-0.4, -0.2) is 29.4 Å². The highest BCUT2D eigenvalue weighted by molar-refractivity contribution is 14.0. The summed E-state index contributed by atoms with van der Waals surface area (Å²) in [5, 5.41) is 7.17. The number of benzene rings is 2. The standard InChI is InChI=1S/C24H28N4OS.HI/c1-19(30-22-8-4-3-5-9-22)16-26-24(25-2)27-17-20-11-13-21(14-12-20)18-28-15-7-6-10-23(28)29;/h3-15,19H,16-18H2,1-2H3,(H2,25,26,27);1H. The third-order valence-corrected chi connectivity index (χ3v) is 5.71. The second-order valence-electron chi connectivity index (χ2n) is 7.03. The monoisotopic (exact) mass is 548 g/mol. The summed E-state index contributed by atoms with van der Waals surface area (Å²) in [6.45, 7) is 4.29. The number of rotatable bonds is 8. The van der Waals surface area contributed by atoms with E-state index >= 15 is 0 Å². The zero-order valence-electron chi connectivity index (χ0n) is 17.8. The highest BCUT2D eigenvalue weighted by atomic mass is 127. The number of guanidine groups is 1. The van der Waals surface area contributed by atoms with Crippen molar-refractivity contribution in [2.24, 2.45) is 4.99 Å². The Kier molecular flexibility index (Phi) is 10.7. The summed E-state index contributed by atoms with van der Waals surface area (Å²) in [7, 11) is 1.78. The van der Waals surface area contributed by atoms with Crippen LogP contribution < -0.4 is 16.2 Å². The summed E-state index contributed by atoms with van der Waals surface area (Å²) in [6, 6.07) is 23.9. The van der Waals surface area contributed by atoms with Gasteiger partial charge in [0, 0.05) is 42.5 Å². The minimum atomic E-state index is 0. The van der Waals surface area contributed by atoms with Crippen molar-refractivity contribution in [1.82, 2.24) is 15.2 Å². The maximum atomic E-state index is 11.8. The summed E-state index contributed by atoms with van der Waals surface area (Å²) in [6.07, 6.45) is 1.81. The van der Waals surface area contributed by atoms with Crippen LogP contribution in [0.25, 0.3) is 0 Å². The highest BCUT2D eigenvalue weighted by Crippen LogP contribution is 2.21. The first-order chi connectivity index (χ1) is 14.6. The normalized spacial score (nSPS) is 12.0. The molecule has 3 rings (SSSR count). The summed E-state index contributed by atoms with van der Waals surface area (Å²) in [4.78, 5) is 17.4. The molecule has 0 saturated carbocycles. The smallest absolute Gasteiger partial charge is 0.250 e. The Bertz CT molecular complexity index is 1010. The third-order valence-electron chi connectivity index (χ3n) is 4.60. The van der Waals surface area contributed by atoms with Gasteiger partial charge in [-0.25, -0.2) is 0 Å². The largest absolute Gasteiger partial charge is 0.355 e. The molecule has 0 amide bonds. The lowest BCUT2D eigenvalue weighted by Gasteiger charge is -2.16. The predicted octanol–water partition coefficient (Wildman–Crippen LogP) is 4.36. The fourth-order valence-corrected chi connectivity index (χ4v) is 3.92. The van der Waals surface area contributed by atoms with Crippen LogP contribution in [0.1, 0.15) is 18.1 Å². The zero-order valence-corrected chi connectivity index (χ0v) is 21.0. The van der Waals surface area contributed by atoms with Gasteiger partial charge in [0.25, 0.3) is 5.56 Å². The molecule has 0 aliphatic rings. The van der Waals surface area contributed by atoms with E-state index < -0.39 is 0 Å². The molecule has 2 N–H and O–H groups in total. The molecule has 2 aromatic carbocycles. The third kappa shape index (κ3) is 8.41. The molecule has 0 saturated heterocycles. The number of hydrogen-bond acceptors (Lipinski definition) is 3. The Morgan fingerprint density at radius 2 is 1.65 bits per heavy atom. The zero-order chi connectivity index (χ0) is 21.2. The van der Waals surface area contributed by atoms with Crippen molar-refractivity contribution in [3.63, 3.8) is 0 Å². The second-order valence-corrected chi connectivity index (χ2v) is 8.54. The average molecular weight is 548 g/mol. The molecule has 1 aromatic heterocycles. The van der Waals surface area contributed by atoms with Gasteiger partial charge in [-0.15, -0.1) is 35.7 Å².